The molecule has 3 rings (SSSR count). The monoisotopic (exact) mass is 383 g/mol. The van der Waals surface area contributed by atoms with Gasteiger partial charge in [-0.1, -0.05) is 32.0 Å². The lowest BCUT2D eigenvalue weighted by Gasteiger charge is -2.09. The number of benzene rings is 3. The first kappa shape index (κ1) is 19.8. The number of hydrogen-bond donors (Lipinski definition) is 2. The van der Waals surface area contributed by atoms with Gasteiger partial charge < -0.3 is 10.6 Å². The van der Waals surface area contributed by atoms with Crippen LogP contribution in [0.3, 0.4) is 0 Å². The normalized spacial score (nSPS) is 10.3. The average Bonchev–Trinajstić information content (AvgIpc) is 2.74. The van der Waals surface area contributed by atoms with Crippen molar-refractivity contribution in [2.45, 2.75) is 19.8 Å². The molecular formula is C24H21N3O2. The van der Waals surface area contributed by atoms with Crippen molar-refractivity contribution < 1.29 is 9.59 Å². The standard InChI is InChI=1S/C24H21N3O2/c1-16(2)18-10-12-21(13-11-18)26-23(28)19-6-8-20(9-7-19)24(29)27-22-5-3-4-17(14-22)15-25/h3-14,16H,1-2H3,(H,26,28)(H,27,29). The first-order valence-corrected chi connectivity index (χ1v) is 9.29. The Bertz CT molecular complexity index is 1060. The minimum absolute atomic E-state index is 0.240. The van der Waals surface area contributed by atoms with Crippen molar-refractivity contribution >= 4 is 23.2 Å². The minimum atomic E-state index is -0.309. The van der Waals surface area contributed by atoms with Crippen molar-refractivity contribution in [3.05, 3.63) is 95.1 Å². The lowest BCUT2D eigenvalue weighted by Crippen LogP contribution is -2.14. The van der Waals surface area contributed by atoms with Crippen LogP contribution >= 0.6 is 0 Å². The van der Waals surface area contributed by atoms with Gasteiger partial charge >= 0.3 is 0 Å². The quantitative estimate of drug-likeness (QED) is 0.636. The van der Waals surface area contributed by atoms with E-state index >= 15 is 0 Å². The molecular weight excluding hydrogens is 362 g/mol. The third-order valence-electron chi connectivity index (χ3n) is 4.49. The number of nitrogens with one attached hydrogen (secondary N) is 2. The van der Waals surface area contributed by atoms with E-state index < -0.39 is 0 Å². The molecule has 0 radical (unpaired) electrons. The maximum atomic E-state index is 12.4. The van der Waals surface area contributed by atoms with E-state index in [1.54, 1.807) is 48.5 Å². The molecule has 0 aliphatic rings. The Kier molecular flexibility index (Phi) is 6.06. The van der Waals surface area contributed by atoms with E-state index in [1.165, 1.54) is 5.56 Å². The fraction of sp³-hybridized carbons (Fsp3) is 0.125. The van der Waals surface area contributed by atoms with Crippen molar-refractivity contribution in [2.75, 3.05) is 10.6 Å². The van der Waals surface area contributed by atoms with Gasteiger partial charge in [-0.15, -0.1) is 0 Å². The van der Waals surface area contributed by atoms with Crippen LogP contribution in [0.4, 0.5) is 11.4 Å². The van der Waals surface area contributed by atoms with Crippen LogP contribution < -0.4 is 10.6 Å². The van der Waals surface area contributed by atoms with Crippen molar-refractivity contribution in [2.24, 2.45) is 0 Å². The number of nitriles is 1. The molecule has 0 aliphatic heterocycles. The van der Waals surface area contributed by atoms with Crippen LogP contribution in [0.15, 0.2) is 72.8 Å². The smallest absolute Gasteiger partial charge is 0.255 e. The van der Waals surface area contributed by atoms with E-state index in [9.17, 15) is 9.59 Å². The van der Waals surface area contributed by atoms with Crippen LogP contribution in [0.25, 0.3) is 0 Å². The van der Waals surface area contributed by atoms with Crippen LogP contribution in [-0.2, 0) is 0 Å². The number of nitrogens with zero attached hydrogens (tertiary/aromatic N) is 1. The average molecular weight is 383 g/mol. The zero-order valence-corrected chi connectivity index (χ0v) is 16.3. The molecule has 3 aromatic rings. The minimum Gasteiger partial charge on any atom is -0.322 e. The molecule has 29 heavy (non-hydrogen) atoms. The Morgan fingerprint density at radius 2 is 1.34 bits per heavy atom. The van der Waals surface area contributed by atoms with Crippen LogP contribution in [0.2, 0.25) is 0 Å². The molecule has 0 heterocycles. The second-order valence-corrected chi connectivity index (χ2v) is 6.95. The Morgan fingerprint density at radius 3 is 1.86 bits per heavy atom. The SMILES string of the molecule is CC(C)c1ccc(NC(=O)c2ccc(C(=O)Nc3cccc(C#N)c3)cc2)cc1. The summed E-state index contributed by atoms with van der Waals surface area (Å²) in [5, 5.41) is 14.5. The highest BCUT2D eigenvalue weighted by Gasteiger charge is 2.10. The van der Waals surface area contributed by atoms with Crippen molar-refractivity contribution in [1.29, 1.82) is 5.26 Å². The largest absolute Gasteiger partial charge is 0.322 e. The van der Waals surface area contributed by atoms with Crippen LogP contribution in [0, 0.1) is 11.3 Å². The maximum Gasteiger partial charge on any atom is 0.255 e. The van der Waals surface area contributed by atoms with Crippen LogP contribution in [0.5, 0.6) is 0 Å². The van der Waals surface area contributed by atoms with E-state index in [4.69, 9.17) is 5.26 Å². The Labute approximate surface area is 170 Å². The van der Waals surface area contributed by atoms with Crippen molar-refractivity contribution in [1.82, 2.24) is 0 Å². The molecule has 0 atom stereocenters. The third-order valence-corrected chi connectivity index (χ3v) is 4.49. The highest BCUT2D eigenvalue weighted by Crippen LogP contribution is 2.18. The van der Waals surface area contributed by atoms with Gasteiger partial charge in [0.15, 0.2) is 0 Å². The number of carbonyl (C=O) groups is 2. The predicted molar refractivity (Wildman–Crippen MR) is 114 cm³/mol. The molecule has 2 amide bonds. The van der Waals surface area contributed by atoms with E-state index in [0.717, 1.165) is 5.69 Å². The zero-order chi connectivity index (χ0) is 20.8. The van der Waals surface area contributed by atoms with Gasteiger partial charge in [-0.05, 0) is 66.1 Å². The molecule has 0 unspecified atom stereocenters. The number of anilines is 2. The van der Waals surface area contributed by atoms with Gasteiger partial charge in [0.1, 0.15) is 0 Å². The molecule has 3 aromatic carbocycles. The summed E-state index contributed by atoms with van der Waals surface area (Å²) in [5.41, 5.74) is 3.82. The van der Waals surface area contributed by atoms with Gasteiger partial charge in [-0.3, -0.25) is 9.59 Å². The lowest BCUT2D eigenvalue weighted by molar-refractivity contribution is 0.101. The Balaban J connectivity index is 1.65. The molecule has 0 aliphatic carbocycles. The molecule has 0 fully saturated rings. The topological polar surface area (TPSA) is 82.0 Å². The van der Waals surface area contributed by atoms with Gasteiger partial charge in [-0.25, -0.2) is 0 Å². The molecule has 0 bridgehead atoms. The molecule has 5 nitrogen and oxygen atoms in total. The van der Waals surface area contributed by atoms with E-state index in [1.807, 2.05) is 30.3 Å². The Morgan fingerprint density at radius 1 is 0.793 bits per heavy atom. The van der Waals surface area contributed by atoms with Gasteiger partial charge in [0, 0.05) is 22.5 Å². The fourth-order valence-electron chi connectivity index (χ4n) is 2.80. The fourth-order valence-corrected chi connectivity index (χ4v) is 2.80. The van der Waals surface area contributed by atoms with Crippen molar-refractivity contribution in [3.63, 3.8) is 0 Å². The second kappa shape index (κ2) is 8.85. The molecule has 0 spiro atoms. The highest BCUT2D eigenvalue weighted by atomic mass is 16.2. The molecule has 0 saturated heterocycles. The number of hydrogen-bond acceptors (Lipinski definition) is 3. The summed E-state index contributed by atoms with van der Waals surface area (Å²) >= 11 is 0. The van der Waals surface area contributed by atoms with Gasteiger partial charge in [-0.2, -0.15) is 5.26 Å². The van der Waals surface area contributed by atoms with Gasteiger partial charge in [0.05, 0.1) is 11.6 Å². The summed E-state index contributed by atoms with van der Waals surface area (Å²) in [6.45, 7) is 4.23. The summed E-state index contributed by atoms with van der Waals surface area (Å²) in [6.07, 6.45) is 0. The van der Waals surface area contributed by atoms with Crippen LogP contribution in [-0.4, -0.2) is 11.8 Å². The first-order chi connectivity index (χ1) is 14.0. The van der Waals surface area contributed by atoms with E-state index in [0.29, 0.717) is 28.3 Å². The third kappa shape index (κ3) is 5.08. The number of carbonyl (C=O) groups excluding carboxylic acids is 2. The predicted octanol–water partition coefficient (Wildman–Crippen LogP) is 5.19. The molecule has 5 heteroatoms. The number of rotatable bonds is 5. The molecule has 2 N–H and O–H groups in total. The molecule has 144 valence electrons. The number of amides is 2. The summed E-state index contributed by atoms with van der Waals surface area (Å²) in [4.78, 5) is 24.8. The molecule has 0 saturated carbocycles. The summed E-state index contributed by atoms with van der Waals surface area (Å²) in [7, 11) is 0. The summed E-state index contributed by atoms with van der Waals surface area (Å²) in [6, 6.07) is 22.9. The summed E-state index contributed by atoms with van der Waals surface area (Å²) < 4.78 is 0. The first-order valence-electron chi connectivity index (χ1n) is 9.29. The van der Waals surface area contributed by atoms with Crippen molar-refractivity contribution in [3.8, 4) is 6.07 Å². The lowest BCUT2D eigenvalue weighted by atomic mass is 10.0. The highest BCUT2D eigenvalue weighted by molar-refractivity contribution is 6.07. The molecule has 0 aromatic heterocycles. The summed E-state index contributed by atoms with van der Waals surface area (Å²) in [5.74, 6) is -0.117. The van der Waals surface area contributed by atoms with E-state index in [-0.39, 0.29) is 11.8 Å². The van der Waals surface area contributed by atoms with Gasteiger partial charge in [0.25, 0.3) is 11.8 Å². The zero-order valence-electron chi connectivity index (χ0n) is 16.3. The second-order valence-electron chi connectivity index (χ2n) is 6.95. The van der Waals surface area contributed by atoms with Crippen LogP contribution in [0.1, 0.15) is 51.6 Å². The van der Waals surface area contributed by atoms with E-state index in [2.05, 4.69) is 24.5 Å². The van der Waals surface area contributed by atoms with Gasteiger partial charge in [0.2, 0.25) is 0 Å². The Hall–Kier alpha value is -3.91. The maximum absolute atomic E-state index is 12.4.